The Balaban J connectivity index is 2.04. The molecular formula is C19H21F3N4O7. The Labute approximate surface area is 185 Å². The van der Waals surface area contributed by atoms with Gasteiger partial charge in [0.05, 0.1) is 22.8 Å². The molecule has 0 aliphatic heterocycles. The second kappa shape index (κ2) is 10.8. The van der Waals surface area contributed by atoms with Crippen LogP contribution in [-0.4, -0.2) is 53.5 Å². The number of methoxy groups -OCH3 is 1. The van der Waals surface area contributed by atoms with E-state index >= 15 is 0 Å². The van der Waals surface area contributed by atoms with Crippen LogP contribution >= 0.6 is 0 Å². The minimum atomic E-state index is -4.65. The quantitative estimate of drug-likeness (QED) is 0.240. The van der Waals surface area contributed by atoms with Crippen LogP contribution in [0.1, 0.15) is 17.0 Å². The lowest BCUT2D eigenvalue weighted by Crippen LogP contribution is -2.24. The summed E-state index contributed by atoms with van der Waals surface area (Å²) in [5.41, 5.74) is -1.29. The monoisotopic (exact) mass is 474 g/mol. The van der Waals surface area contributed by atoms with Crippen molar-refractivity contribution in [3.05, 3.63) is 45.3 Å². The van der Waals surface area contributed by atoms with Gasteiger partial charge in [-0.3, -0.25) is 24.4 Å². The minimum Gasteiger partial charge on any atom is -0.489 e. The summed E-state index contributed by atoms with van der Waals surface area (Å²) < 4.78 is 55.1. The summed E-state index contributed by atoms with van der Waals surface area (Å²) in [7, 11) is 1.41. The fraction of sp³-hybridized carbons (Fsp3) is 0.421. The third-order valence-electron chi connectivity index (χ3n) is 4.29. The number of aromatic nitrogens is 2. The van der Waals surface area contributed by atoms with Crippen molar-refractivity contribution in [2.45, 2.75) is 26.6 Å². The highest BCUT2D eigenvalue weighted by Crippen LogP contribution is 2.35. The number of aryl methyl sites for hydroxylation is 1. The molecule has 0 saturated carbocycles. The predicted molar refractivity (Wildman–Crippen MR) is 107 cm³/mol. The van der Waals surface area contributed by atoms with E-state index in [0.717, 1.165) is 16.8 Å². The second-order valence-electron chi connectivity index (χ2n) is 6.69. The van der Waals surface area contributed by atoms with Gasteiger partial charge in [0, 0.05) is 7.11 Å². The van der Waals surface area contributed by atoms with Gasteiger partial charge in [-0.1, -0.05) is 0 Å². The lowest BCUT2D eigenvalue weighted by atomic mass is 10.1. The van der Waals surface area contributed by atoms with Crippen molar-refractivity contribution >= 4 is 23.3 Å². The second-order valence-corrected chi connectivity index (χ2v) is 6.69. The summed E-state index contributed by atoms with van der Waals surface area (Å²) in [5.74, 6) is -1.88. The topological polar surface area (TPSA) is 135 Å². The molecule has 14 heteroatoms. The molecule has 0 aliphatic rings. The summed E-state index contributed by atoms with van der Waals surface area (Å²) in [6, 6.07) is 2.54. The van der Waals surface area contributed by atoms with Crippen molar-refractivity contribution in [3.63, 3.8) is 0 Å². The normalized spacial score (nSPS) is 11.2. The molecule has 0 atom stereocenters. The Morgan fingerprint density at radius 1 is 1.24 bits per heavy atom. The van der Waals surface area contributed by atoms with Crippen LogP contribution in [0.25, 0.3) is 0 Å². The molecule has 2 rings (SSSR count). The maximum absolute atomic E-state index is 13.0. The Kier molecular flexibility index (Phi) is 8.34. The number of anilines is 1. The van der Waals surface area contributed by atoms with E-state index in [4.69, 9.17) is 14.2 Å². The number of halogens is 3. The number of amides is 1. The standard InChI is InChI=1S/C19H21F3N4O7/c1-11-18(26(29)30)12(2)25(24-11)9-17(28)33-10-16(27)23-14-8-13(19(20,21)22)4-5-15(14)32-7-6-31-3/h4-5,8H,6-7,9-10H2,1-3H3,(H,23,27). The Bertz CT molecular complexity index is 1040. The Hall–Kier alpha value is -3.68. The molecule has 2 aromatic rings. The molecule has 33 heavy (non-hydrogen) atoms. The van der Waals surface area contributed by atoms with Gasteiger partial charge in [0.2, 0.25) is 0 Å². The largest absolute Gasteiger partial charge is 0.489 e. The van der Waals surface area contributed by atoms with Crippen molar-refractivity contribution in [1.82, 2.24) is 9.78 Å². The van der Waals surface area contributed by atoms with E-state index in [1.807, 2.05) is 0 Å². The van der Waals surface area contributed by atoms with E-state index in [1.54, 1.807) is 0 Å². The number of alkyl halides is 3. The number of esters is 1. The third-order valence-corrected chi connectivity index (χ3v) is 4.29. The van der Waals surface area contributed by atoms with E-state index in [2.05, 4.69) is 10.4 Å². The van der Waals surface area contributed by atoms with Gasteiger partial charge in [-0.15, -0.1) is 0 Å². The van der Waals surface area contributed by atoms with Crippen LogP contribution in [0.5, 0.6) is 5.75 Å². The summed E-state index contributed by atoms with van der Waals surface area (Å²) in [4.78, 5) is 34.6. The fourth-order valence-electron chi connectivity index (χ4n) is 2.77. The number of benzene rings is 1. The fourth-order valence-corrected chi connectivity index (χ4v) is 2.77. The number of nitrogens with one attached hydrogen (secondary N) is 1. The zero-order valence-corrected chi connectivity index (χ0v) is 17.9. The Morgan fingerprint density at radius 2 is 1.94 bits per heavy atom. The van der Waals surface area contributed by atoms with Crippen LogP contribution in [0, 0.1) is 24.0 Å². The zero-order chi connectivity index (χ0) is 24.8. The average Bonchev–Trinajstić information content (AvgIpc) is 2.99. The maximum Gasteiger partial charge on any atom is 0.416 e. The summed E-state index contributed by atoms with van der Waals surface area (Å²) >= 11 is 0. The predicted octanol–water partition coefficient (Wildman–Crippen LogP) is 2.63. The van der Waals surface area contributed by atoms with Crippen LogP contribution in [0.15, 0.2) is 18.2 Å². The van der Waals surface area contributed by atoms with Crippen LogP contribution in [0.3, 0.4) is 0 Å². The van der Waals surface area contributed by atoms with Crippen LogP contribution < -0.4 is 10.1 Å². The summed E-state index contributed by atoms with van der Waals surface area (Å²) in [6.45, 7) is 1.68. The Morgan fingerprint density at radius 3 is 2.52 bits per heavy atom. The number of nitrogens with zero attached hydrogens (tertiary/aromatic N) is 3. The number of nitro groups is 1. The molecule has 180 valence electrons. The van der Waals surface area contributed by atoms with Crippen molar-refractivity contribution in [1.29, 1.82) is 0 Å². The van der Waals surface area contributed by atoms with Crippen molar-refractivity contribution in [3.8, 4) is 5.75 Å². The molecule has 11 nitrogen and oxygen atoms in total. The minimum absolute atomic E-state index is 0.0223. The maximum atomic E-state index is 13.0. The van der Waals surface area contributed by atoms with Gasteiger partial charge in [0.1, 0.15) is 30.3 Å². The zero-order valence-electron chi connectivity index (χ0n) is 17.9. The van der Waals surface area contributed by atoms with Gasteiger partial charge in [-0.25, -0.2) is 0 Å². The molecular weight excluding hydrogens is 453 g/mol. The molecule has 0 saturated heterocycles. The number of hydrogen-bond donors (Lipinski definition) is 1. The van der Waals surface area contributed by atoms with Gasteiger partial charge in [0.25, 0.3) is 5.91 Å². The average molecular weight is 474 g/mol. The van der Waals surface area contributed by atoms with E-state index in [0.29, 0.717) is 6.07 Å². The number of rotatable bonds is 10. The van der Waals surface area contributed by atoms with Gasteiger partial charge in [0.15, 0.2) is 6.61 Å². The molecule has 0 unspecified atom stereocenters. The molecule has 0 bridgehead atoms. The van der Waals surface area contributed by atoms with Gasteiger partial charge in [-0.2, -0.15) is 18.3 Å². The van der Waals surface area contributed by atoms with Crippen molar-refractivity contribution in [2.75, 3.05) is 32.2 Å². The first-order valence-corrected chi connectivity index (χ1v) is 9.41. The number of hydrogen-bond acceptors (Lipinski definition) is 8. The molecule has 1 heterocycles. The van der Waals surface area contributed by atoms with E-state index in [1.165, 1.54) is 21.0 Å². The molecule has 1 N–H and O–H groups in total. The van der Waals surface area contributed by atoms with Gasteiger partial charge < -0.3 is 19.5 Å². The van der Waals surface area contributed by atoms with Crippen LogP contribution in [-0.2, 0) is 31.8 Å². The first kappa shape index (κ1) is 25.6. The van der Waals surface area contributed by atoms with Gasteiger partial charge in [-0.05, 0) is 32.0 Å². The third kappa shape index (κ3) is 6.90. The highest BCUT2D eigenvalue weighted by atomic mass is 19.4. The number of ether oxygens (including phenoxy) is 3. The summed E-state index contributed by atoms with van der Waals surface area (Å²) in [5, 5.41) is 17.1. The number of carbonyl (C=O) groups excluding carboxylic acids is 2. The first-order valence-electron chi connectivity index (χ1n) is 9.41. The lowest BCUT2D eigenvalue weighted by Gasteiger charge is -2.15. The summed E-state index contributed by atoms with van der Waals surface area (Å²) in [6.07, 6.45) is -4.65. The van der Waals surface area contributed by atoms with Crippen molar-refractivity contribution < 1.29 is 41.9 Å². The highest BCUT2D eigenvalue weighted by molar-refractivity contribution is 5.94. The molecule has 1 amide bonds. The van der Waals surface area contributed by atoms with E-state index in [-0.39, 0.29) is 41.7 Å². The molecule has 0 radical (unpaired) electrons. The lowest BCUT2D eigenvalue weighted by molar-refractivity contribution is -0.386. The molecule has 1 aromatic heterocycles. The van der Waals surface area contributed by atoms with Crippen molar-refractivity contribution in [2.24, 2.45) is 0 Å². The smallest absolute Gasteiger partial charge is 0.416 e. The van der Waals surface area contributed by atoms with Crippen LogP contribution in [0.2, 0.25) is 0 Å². The molecule has 0 fully saturated rings. The molecule has 0 aliphatic carbocycles. The molecule has 0 spiro atoms. The number of carbonyl (C=O) groups is 2. The van der Waals surface area contributed by atoms with Gasteiger partial charge >= 0.3 is 17.8 Å². The van der Waals surface area contributed by atoms with E-state index < -0.39 is 41.7 Å². The molecule has 1 aromatic carbocycles. The van der Waals surface area contributed by atoms with E-state index in [9.17, 15) is 32.9 Å². The first-order chi connectivity index (χ1) is 15.4. The highest BCUT2D eigenvalue weighted by Gasteiger charge is 2.31. The van der Waals surface area contributed by atoms with Crippen LogP contribution in [0.4, 0.5) is 24.5 Å². The SMILES string of the molecule is COCCOc1ccc(C(F)(F)F)cc1NC(=O)COC(=O)Cn1nc(C)c([N+](=O)[O-])c1C.